The Morgan fingerprint density at radius 3 is 1.83 bits per heavy atom. The second-order valence-electron chi connectivity index (χ2n) is 6.68. The zero-order valence-electron chi connectivity index (χ0n) is 14.2. The van der Waals surface area contributed by atoms with Crippen molar-refractivity contribution in [3.05, 3.63) is 71.8 Å². The molecule has 1 aliphatic rings. The van der Waals surface area contributed by atoms with Crippen LogP contribution in [0.2, 0.25) is 0 Å². The van der Waals surface area contributed by atoms with Gasteiger partial charge in [-0.05, 0) is 25.0 Å². The Kier molecular flexibility index (Phi) is 4.79. The van der Waals surface area contributed by atoms with Crippen molar-refractivity contribution in [1.29, 1.82) is 0 Å². The van der Waals surface area contributed by atoms with E-state index in [4.69, 9.17) is 11.6 Å². The predicted molar refractivity (Wildman–Crippen MR) is 98.7 cm³/mol. The minimum atomic E-state index is -0.453. The molecule has 1 fully saturated rings. The molecule has 1 unspecified atom stereocenters. The molecule has 23 heavy (non-hydrogen) atoms. The Hall–Kier alpha value is -1.31. The Morgan fingerprint density at radius 1 is 0.913 bits per heavy atom. The normalized spacial score (nSPS) is 20.6. The molecule has 0 amide bonds. The van der Waals surface area contributed by atoms with Crippen LogP contribution in [-0.4, -0.2) is 30.2 Å². The number of likely N-dealkylation sites (tertiary alicyclic amines) is 1. The first-order valence-electron chi connectivity index (χ1n) is 8.83. The molecule has 0 aromatic heterocycles. The van der Waals surface area contributed by atoms with E-state index in [0.717, 1.165) is 17.6 Å². The first-order valence-corrected chi connectivity index (χ1v) is 9.21. The summed E-state index contributed by atoms with van der Waals surface area (Å²) in [5.74, 6) is 0. The van der Waals surface area contributed by atoms with Crippen LogP contribution >= 0.6 is 11.6 Å². The van der Waals surface area contributed by atoms with Crippen molar-refractivity contribution < 1.29 is 4.48 Å². The van der Waals surface area contributed by atoms with Crippen molar-refractivity contribution >= 4 is 11.6 Å². The average Bonchev–Trinajstić information content (AvgIpc) is 3.07. The molecule has 1 saturated heterocycles. The largest absolute Gasteiger partial charge is 0.320 e. The minimum absolute atomic E-state index is 0.420. The second-order valence-corrected chi connectivity index (χ2v) is 7.27. The van der Waals surface area contributed by atoms with Crippen LogP contribution in [0.4, 0.5) is 0 Å². The quantitative estimate of drug-likeness (QED) is 0.523. The van der Waals surface area contributed by atoms with Gasteiger partial charge in [-0.15, -0.1) is 11.6 Å². The van der Waals surface area contributed by atoms with Crippen molar-refractivity contribution in [3.8, 4) is 0 Å². The average molecular weight is 329 g/mol. The van der Waals surface area contributed by atoms with E-state index in [9.17, 15) is 0 Å². The molecule has 1 atom stereocenters. The number of benzene rings is 2. The molecule has 1 nitrogen and oxygen atoms in total. The van der Waals surface area contributed by atoms with Gasteiger partial charge >= 0.3 is 0 Å². The summed E-state index contributed by atoms with van der Waals surface area (Å²) in [6, 6.07) is 21.8. The molecule has 0 radical (unpaired) electrons. The van der Waals surface area contributed by atoms with E-state index in [1.807, 2.05) is 0 Å². The van der Waals surface area contributed by atoms with Gasteiger partial charge in [0.1, 0.15) is 10.9 Å². The van der Waals surface area contributed by atoms with Gasteiger partial charge in [-0.25, -0.2) is 0 Å². The summed E-state index contributed by atoms with van der Waals surface area (Å²) in [5.41, 5.74) is 2.45. The van der Waals surface area contributed by atoms with Crippen LogP contribution in [0, 0.1) is 0 Å². The highest BCUT2D eigenvalue weighted by molar-refractivity contribution is 6.26. The van der Waals surface area contributed by atoms with Gasteiger partial charge in [0.05, 0.1) is 19.6 Å². The first kappa shape index (κ1) is 16.5. The van der Waals surface area contributed by atoms with Crippen molar-refractivity contribution in [2.75, 3.05) is 19.6 Å². The Balaban J connectivity index is 2.17. The zero-order chi connectivity index (χ0) is 16.3. The number of quaternary nitrogens is 1. The number of halogens is 1. The fraction of sp³-hybridized carbons (Fsp3) is 0.429. The SMILES string of the molecule is CC[N+]1(CC)CCCC1C(Cl)(c1ccccc1)c1ccccc1. The molecule has 3 rings (SSSR count). The van der Waals surface area contributed by atoms with Crippen molar-refractivity contribution in [2.24, 2.45) is 0 Å². The highest BCUT2D eigenvalue weighted by atomic mass is 35.5. The smallest absolute Gasteiger partial charge is 0.146 e. The lowest BCUT2D eigenvalue weighted by molar-refractivity contribution is -0.938. The van der Waals surface area contributed by atoms with E-state index in [1.54, 1.807) is 0 Å². The molecule has 0 aliphatic carbocycles. The van der Waals surface area contributed by atoms with Crippen LogP contribution in [0.3, 0.4) is 0 Å². The molecule has 2 aromatic rings. The summed E-state index contributed by atoms with van der Waals surface area (Å²) < 4.78 is 1.12. The van der Waals surface area contributed by atoms with Crippen molar-refractivity contribution in [2.45, 2.75) is 37.6 Å². The van der Waals surface area contributed by atoms with Gasteiger partial charge in [-0.2, -0.15) is 0 Å². The van der Waals surface area contributed by atoms with Crippen LogP contribution in [0.15, 0.2) is 60.7 Å². The highest BCUT2D eigenvalue weighted by Crippen LogP contribution is 2.48. The van der Waals surface area contributed by atoms with Crippen LogP contribution in [-0.2, 0) is 4.87 Å². The molecule has 1 aliphatic heterocycles. The Labute approximate surface area is 145 Å². The molecule has 122 valence electrons. The number of nitrogens with zero attached hydrogens (tertiary/aromatic N) is 1. The first-order chi connectivity index (χ1) is 11.2. The standard InChI is InChI=1S/C21H27ClN/c1-3-23(4-2)17-11-16-20(23)21(22,18-12-7-5-8-13-18)19-14-9-6-10-15-19/h5-10,12-15,20H,3-4,11,16-17H2,1-2H3/q+1. The molecule has 2 heteroatoms. The molecular formula is C21H27ClN+. The van der Waals surface area contributed by atoms with E-state index >= 15 is 0 Å². The summed E-state index contributed by atoms with van der Waals surface area (Å²) in [7, 11) is 0. The molecule has 1 heterocycles. The third-order valence-corrected chi connectivity index (χ3v) is 6.54. The number of likely N-dealkylation sites (N-methyl/N-ethyl adjacent to an activating group) is 1. The van der Waals surface area contributed by atoms with Crippen molar-refractivity contribution in [1.82, 2.24) is 0 Å². The Morgan fingerprint density at radius 2 is 1.39 bits per heavy atom. The fourth-order valence-electron chi connectivity index (χ4n) is 4.50. The topological polar surface area (TPSA) is 0 Å². The number of hydrogen-bond donors (Lipinski definition) is 0. The number of hydrogen-bond acceptors (Lipinski definition) is 0. The predicted octanol–water partition coefficient (Wildman–Crippen LogP) is 5.19. The molecule has 0 bridgehead atoms. The third-order valence-electron chi connectivity index (χ3n) is 5.85. The third kappa shape index (κ3) is 2.70. The van der Waals surface area contributed by atoms with Gasteiger partial charge in [0.25, 0.3) is 0 Å². The second kappa shape index (κ2) is 6.67. The van der Waals surface area contributed by atoms with E-state index < -0.39 is 4.87 Å². The van der Waals surface area contributed by atoms with Crippen LogP contribution < -0.4 is 0 Å². The maximum Gasteiger partial charge on any atom is 0.146 e. The molecule has 0 spiro atoms. The molecule has 0 saturated carbocycles. The van der Waals surface area contributed by atoms with Crippen molar-refractivity contribution in [3.63, 3.8) is 0 Å². The minimum Gasteiger partial charge on any atom is -0.320 e. The summed E-state index contributed by atoms with van der Waals surface area (Å²) in [4.78, 5) is -0.453. The lowest BCUT2D eigenvalue weighted by Crippen LogP contribution is -2.58. The lowest BCUT2D eigenvalue weighted by atomic mass is 9.82. The van der Waals surface area contributed by atoms with Gasteiger partial charge in [-0.3, -0.25) is 0 Å². The number of alkyl halides is 1. The zero-order valence-corrected chi connectivity index (χ0v) is 15.0. The maximum absolute atomic E-state index is 7.52. The van der Waals surface area contributed by atoms with E-state index in [0.29, 0.717) is 6.04 Å². The van der Waals surface area contributed by atoms with Gasteiger partial charge in [-0.1, -0.05) is 60.7 Å². The van der Waals surface area contributed by atoms with Crippen LogP contribution in [0.5, 0.6) is 0 Å². The molecular weight excluding hydrogens is 302 g/mol. The van der Waals surface area contributed by atoms with Gasteiger partial charge in [0, 0.05) is 12.8 Å². The van der Waals surface area contributed by atoms with E-state index in [-0.39, 0.29) is 0 Å². The summed E-state index contributed by atoms with van der Waals surface area (Å²) >= 11 is 7.52. The Bertz CT molecular complexity index is 579. The fourth-order valence-corrected chi connectivity index (χ4v) is 5.07. The summed E-state index contributed by atoms with van der Waals surface area (Å²) in [6.45, 7) is 8.17. The summed E-state index contributed by atoms with van der Waals surface area (Å²) in [5, 5.41) is 0. The summed E-state index contributed by atoms with van der Waals surface area (Å²) in [6.07, 6.45) is 2.45. The highest BCUT2D eigenvalue weighted by Gasteiger charge is 2.53. The van der Waals surface area contributed by atoms with Gasteiger partial charge < -0.3 is 4.48 Å². The molecule has 0 N–H and O–H groups in total. The number of rotatable bonds is 5. The maximum atomic E-state index is 7.52. The van der Waals surface area contributed by atoms with E-state index in [1.165, 1.54) is 30.5 Å². The van der Waals surface area contributed by atoms with Gasteiger partial charge in [0.2, 0.25) is 0 Å². The van der Waals surface area contributed by atoms with E-state index in [2.05, 4.69) is 74.5 Å². The molecule has 2 aromatic carbocycles. The monoisotopic (exact) mass is 328 g/mol. The lowest BCUT2D eigenvalue weighted by Gasteiger charge is -2.46. The van der Waals surface area contributed by atoms with Gasteiger partial charge in [0.15, 0.2) is 0 Å². The van der Waals surface area contributed by atoms with Crippen LogP contribution in [0.25, 0.3) is 0 Å². The van der Waals surface area contributed by atoms with Crippen LogP contribution in [0.1, 0.15) is 37.8 Å².